The van der Waals surface area contributed by atoms with Gasteiger partial charge in [0, 0.05) is 12.1 Å². The van der Waals surface area contributed by atoms with E-state index in [1.807, 2.05) is 19.0 Å². The lowest BCUT2D eigenvalue weighted by Gasteiger charge is -2.42. The van der Waals surface area contributed by atoms with Gasteiger partial charge in [0.05, 0.1) is 10.8 Å². The van der Waals surface area contributed by atoms with E-state index >= 15 is 0 Å². The van der Waals surface area contributed by atoms with E-state index in [4.69, 9.17) is 4.74 Å². The Bertz CT molecular complexity index is 1200. The van der Waals surface area contributed by atoms with Gasteiger partial charge < -0.3 is 19.8 Å². The number of ether oxygens (including phenoxy) is 1. The van der Waals surface area contributed by atoms with Gasteiger partial charge >= 0.3 is 17.9 Å². The Kier molecular flexibility index (Phi) is 30.2. The van der Waals surface area contributed by atoms with E-state index in [1.165, 1.54) is 51.4 Å². The van der Waals surface area contributed by atoms with Crippen LogP contribution in [-0.4, -0.2) is 60.3 Å². The Hall–Kier alpha value is -2.93. The molecule has 1 aliphatic carbocycles. The maximum Gasteiger partial charge on any atom is 0.333 e. The van der Waals surface area contributed by atoms with Crippen LogP contribution in [0.5, 0.6) is 0 Å². The number of hydrogen-bond donors (Lipinski definition) is 2. The maximum absolute atomic E-state index is 13.3. The molecule has 0 aromatic carbocycles. The molecule has 2 N–H and O–H groups in total. The normalized spacial score (nSPS) is 18.9. The first-order chi connectivity index (χ1) is 27.1. The minimum atomic E-state index is -1.40. The number of likely N-dealkylation sites (N-methyl/N-ethyl adjacent to an activating group) is 1. The molecule has 0 fully saturated rings. The molecular weight excluding hydrogens is 699 g/mol. The zero-order valence-corrected chi connectivity index (χ0v) is 36.4. The molecule has 2 atom stereocenters. The highest BCUT2D eigenvalue weighted by Gasteiger charge is 2.53. The number of nitrogens with zero attached hydrogens (tertiary/aromatic N) is 1. The Balaban J connectivity index is 2.68. The van der Waals surface area contributed by atoms with Gasteiger partial charge in [0.25, 0.3) is 0 Å². The molecule has 0 heterocycles. The fourth-order valence-corrected chi connectivity index (χ4v) is 7.73. The lowest BCUT2D eigenvalue weighted by Crippen LogP contribution is -2.45. The smallest absolute Gasteiger partial charge is 0.333 e. The Morgan fingerprint density at radius 1 is 0.607 bits per heavy atom. The third kappa shape index (κ3) is 24.0. The van der Waals surface area contributed by atoms with Crippen molar-refractivity contribution < 1.29 is 29.3 Å². The quantitative estimate of drug-likeness (QED) is 0.0370. The largest absolute Gasteiger partial charge is 0.481 e. The molecule has 0 saturated carbocycles. The van der Waals surface area contributed by atoms with Crippen molar-refractivity contribution >= 4 is 17.9 Å². The number of esters is 1. The highest BCUT2D eigenvalue weighted by atomic mass is 16.5. The first-order valence-corrected chi connectivity index (χ1v) is 22.7. The second-order valence-electron chi connectivity index (χ2n) is 16.7. The highest BCUT2D eigenvalue weighted by molar-refractivity contribution is 5.93. The first-order valence-electron chi connectivity index (χ1n) is 22.7. The van der Waals surface area contributed by atoms with Crippen LogP contribution in [0.3, 0.4) is 0 Å². The second-order valence-corrected chi connectivity index (χ2v) is 16.7. The van der Waals surface area contributed by atoms with E-state index in [0.29, 0.717) is 32.2 Å². The summed E-state index contributed by atoms with van der Waals surface area (Å²) in [4.78, 5) is 41.4. The third-order valence-electron chi connectivity index (χ3n) is 11.2. The monoisotopic (exact) mass is 782 g/mol. The molecule has 0 saturated heterocycles. The van der Waals surface area contributed by atoms with Gasteiger partial charge in [0.15, 0.2) is 0 Å². The van der Waals surface area contributed by atoms with Crippen molar-refractivity contribution in [1.29, 1.82) is 0 Å². The van der Waals surface area contributed by atoms with Crippen molar-refractivity contribution in [3.63, 3.8) is 0 Å². The highest BCUT2D eigenvalue weighted by Crippen LogP contribution is 2.51. The van der Waals surface area contributed by atoms with Gasteiger partial charge in [0.2, 0.25) is 0 Å². The van der Waals surface area contributed by atoms with Crippen molar-refractivity contribution in [3.8, 4) is 0 Å². The fourth-order valence-electron chi connectivity index (χ4n) is 7.73. The lowest BCUT2D eigenvalue weighted by atomic mass is 9.60. The van der Waals surface area contributed by atoms with Crippen molar-refractivity contribution in [2.45, 2.75) is 194 Å². The second kappa shape index (κ2) is 33.1. The molecule has 2 unspecified atom stereocenters. The number of rotatable bonds is 36. The number of carbonyl (C=O) groups is 3. The van der Waals surface area contributed by atoms with Crippen molar-refractivity contribution in [1.82, 2.24) is 4.90 Å². The number of carboxylic acids is 2. The number of unbranched alkanes of at least 4 members (excludes halogenated alkanes) is 18. The summed E-state index contributed by atoms with van der Waals surface area (Å²) < 4.78 is 5.56. The van der Waals surface area contributed by atoms with Crippen molar-refractivity contribution in [2.24, 2.45) is 10.8 Å². The van der Waals surface area contributed by atoms with Gasteiger partial charge in [-0.05, 0) is 104 Å². The molecule has 0 radical (unpaired) electrons. The first kappa shape index (κ1) is 51.1. The molecule has 1 aliphatic rings. The molecule has 320 valence electrons. The molecule has 0 amide bonds. The number of aliphatic carboxylic acids is 2. The average molecular weight is 782 g/mol. The minimum absolute atomic E-state index is 0.0136. The molecule has 0 aromatic rings. The number of hydrogen-bond acceptors (Lipinski definition) is 5. The predicted molar refractivity (Wildman–Crippen MR) is 235 cm³/mol. The van der Waals surface area contributed by atoms with E-state index in [9.17, 15) is 24.6 Å². The van der Waals surface area contributed by atoms with Gasteiger partial charge in [-0.3, -0.25) is 9.59 Å². The topological polar surface area (TPSA) is 104 Å². The van der Waals surface area contributed by atoms with Crippen LogP contribution in [0.1, 0.15) is 194 Å². The van der Waals surface area contributed by atoms with Crippen LogP contribution < -0.4 is 0 Å². The third-order valence-corrected chi connectivity index (χ3v) is 11.2. The van der Waals surface area contributed by atoms with Gasteiger partial charge in [-0.15, -0.1) is 0 Å². The zero-order chi connectivity index (χ0) is 41.2. The summed E-state index contributed by atoms with van der Waals surface area (Å²) in [5.41, 5.74) is -2.50. The Morgan fingerprint density at radius 2 is 1.04 bits per heavy atom. The van der Waals surface area contributed by atoms with Crippen LogP contribution in [-0.2, 0) is 19.1 Å². The van der Waals surface area contributed by atoms with Crippen LogP contribution in [0.25, 0.3) is 0 Å². The van der Waals surface area contributed by atoms with E-state index in [1.54, 1.807) is 6.08 Å². The lowest BCUT2D eigenvalue weighted by molar-refractivity contribution is -0.158. The molecule has 0 aliphatic heterocycles. The minimum Gasteiger partial charge on any atom is -0.481 e. The van der Waals surface area contributed by atoms with Crippen molar-refractivity contribution in [3.05, 3.63) is 60.3 Å². The molecule has 0 aromatic heterocycles. The number of carbonyl (C=O) groups excluding carboxylic acids is 1. The van der Waals surface area contributed by atoms with Crippen LogP contribution in [0.15, 0.2) is 60.3 Å². The molecule has 7 heteroatoms. The molecule has 7 nitrogen and oxygen atoms in total. The Labute approximate surface area is 343 Å². The van der Waals surface area contributed by atoms with Crippen LogP contribution in [0, 0.1) is 10.8 Å². The summed E-state index contributed by atoms with van der Waals surface area (Å²) in [6.07, 6.45) is 46.6. The predicted octanol–water partition coefficient (Wildman–Crippen LogP) is 13.4. The number of allylic oxidation sites excluding steroid dienone is 8. The summed E-state index contributed by atoms with van der Waals surface area (Å²) in [7, 11) is 3.77. The summed E-state index contributed by atoms with van der Waals surface area (Å²) >= 11 is 0. The van der Waals surface area contributed by atoms with Gasteiger partial charge in [0.1, 0.15) is 6.61 Å². The van der Waals surface area contributed by atoms with E-state index in [-0.39, 0.29) is 25.0 Å². The SMILES string of the molecule is CCCCC/C=C\C/C=C\CCCCCCCCC1(C(=O)O)C=C(C(=O)OCCN(C)C)CC(CCCCCCCC/C=C\C/C=C\CCCCC)(C(=O)O)C1. The average Bonchev–Trinajstić information content (AvgIpc) is 3.17. The van der Waals surface area contributed by atoms with Crippen molar-refractivity contribution in [2.75, 3.05) is 27.2 Å². The van der Waals surface area contributed by atoms with Crippen LogP contribution in [0.2, 0.25) is 0 Å². The molecular formula is C49H83NO6. The van der Waals surface area contributed by atoms with E-state index < -0.39 is 28.7 Å². The maximum atomic E-state index is 13.3. The molecule has 56 heavy (non-hydrogen) atoms. The Morgan fingerprint density at radius 3 is 1.46 bits per heavy atom. The van der Waals surface area contributed by atoms with Gasteiger partial charge in [-0.1, -0.05) is 158 Å². The van der Waals surface area contributed by atoms with Gasteiger partial charge in [-0.2, -0.15) is 0 Å². The zero-order valence-electron chi connectivity index (χ0n) is 36.4. The fraction of sp³-hybridized carbons (Fsp3) is 0.735. The van der Waals surface area contributed by atoms with E-state index in [2.05, 4.69) is 62.5 Å². The summed E-state index contributed by atoms with van der Waals surface area (Å²) in [6, 6.07) is 0. The summed E-state index contributed by atoms with van der Waals surface area (Å²) in [6.45, 7) is 5.16. The standard InChI is InChI=1S/C49H83NO6/c1-5-7-9-11-13-15-17-19-21-23-25-27-29-31-33-35-37-48(46(52)53)41-44(45(51)56-40-39-50(3)4)42-49(43-48,47(54)55)38-36-34-32-30-28-26-24-22-20-18-16-14-12-10-8-6-2/h13-16,19-22,41H,5-12,17-18,23-40,42-43H2,1-4H3,(H,52,53)(H,54,55)/b15-13-,16-14-,21-19-,22-20-. The van der Waals surface area contributed by atoms with Crippen LogP contribution in [0.4, 0.5) is 0 Å². The van der Waals surface area contributed by atoms with E-state index in [0.717, 1.165) is 89.9 Å². The molecule has 0 spiro atoms. The summed E-state index contributed by atoms with van der Waals surface area (Å²) in [5, 5.41) is 21.4. The molecule has 1 rings (SSSR count). The molecule has 0 bridgehead atoms. The van der Waals surface area contributed by atoms with Gasteiger partial charge in [-0.25, -0.2) is 4.79 Å². The van der Waals surface area contributed by atoms with Crippen LogP contribution >= 0.6 is 0 Å². The number of carboxylic acid groups (broad SMARTS) is 2. The summed E-state index contributed by atoms with van der Waals surface area (Å²) in [5.74, 6) is -2.63.